The fraction of sp³-hybridized carbons (Fsp3) is 0.0690. The lowest BCUT2D eigenvalue weighted by Gasteiger charge is -2.34. The van der Waals surface area contributed by atoms with Gasteiger partial charge >= 0.3 is 0 Å². The van der Waals surface area contributed by atoms with Crippen LogP contribution in [0.25, 0.3) is 54.3 Å². The van der Waals surface area contributed by atoms with E-state index in [2.05, 4.69) is 67.7 Å². The zero-order valence-corrected chi connectivity index (χ0v) is 18.9. The minimum atomic E-state index is -2.03. The molecule has 152 valence electrons. The van der Waals surface area contributed by atoms with Gasteiger partial charge in [0.2, 0.25) is 0 Å². The normalized spacial score (nSPS) is 14.3. The number of fused-ring (bicyclic) bond motifs is 7. The number of hydrogen-bond donors (Lipinski definition) is 0. The van der Waals surface area contributed by atoms with Gasteiger partial charge in [0.15, 0.2) is 0 Å². The van der Waals surface area contributed by atoms with Gasteiger partial charge in [0.05, 0.1) is 5.69 Å². The van der Waals surface area contributed by atoms with Crippen LogP contribution in [0.4, 0.5) is 4.39 Å². The summed E-state index contributed by atoms with van der Waals surface area (Å²) in [6.07, 6.45) is 1.93. The highest BCUT2D eigenvalue weighted by Crippen LogP contribution is 2.39. The highest BCUT2D eigenvalue weighted by atomic mass is 28.3. The summed E-state index contributed by atoms with van der Waals surface area (Å²) in [7, 11) is -2.03. The molecular weight excluding hydrogens is 409 g/mol. The third-order valence-corrected chi connectivity index (χ3v) is 10.8. The average molecular weight is 430 g/mol. The van der Waals surface area contributed by atoms with Crippen LogP contribution >= 0.6 is 0 Å². The first-order valence-electron chi connectivity index (χ1n) is 11.0. The second kappa shape index (κ2) is 6.02. The minimum Gasteiger partial charge on any atom is -0.256 e. The van der Waals surface area contributed by atoms with E-state index in [4.69, 9.17) is 4.98 Å². The fourth-order valence-electron chi connectivity index (χ4n) is 5.70. The smallest absolute Gasteiger partial charge is 0.131 e. The molecule has 3 heteroatoms. The predicted molar refractivity (Wildman–Crippen MR) is 136 cm³/mol. The Bertz CT molecular complexity index is 1770. The van der Waals surface area contributed by atoms with Gasteiger partial charge in [-0.05, 0) is 60.9 Å². The number of pyridine rings is 1. The molecule has 2 heterocycles. The molecule has 1 aromatic heterocycles. The van der Waals surface area contributed by atoms with Gasteiger partial charge in [0, 0.05) is 22.5 Å². The summed E-state index contributed by atoms with van der Waals surface area (Å²) in [5.41, 5.74) is 2.34. The van der Waals surface area contributed by atoms with E-state index >= 15 is 0 Å². The lowest BCUT2D eigenvalue weighted by Crippen LogP contribution is -2.56. The maximum Gasteiger partial charge on any atom is 0.131 e. The average Bonchev–Trinajstić information content (AvgIpc) is 2.81. The molecule has 0 bridgehead atoms. The van der Waals surface area contributed by atoms with Crippen molar-refractivity contribution in [2.45, 2.75) is 13.1 Å². The lowest BCUT2D eigenvalue weighted by atomic mass is 9.94. The van der Waals surface area contributed by atoms with E-state index < -0.39 is 8.07 Å². The molecule has 0 unspecified atom stereocenters. The van der Waals surface area contributed by atoms with Crippen LogP contribution in [0.2, 0.25) is 13.1 Å². The predicted octanol–water partition coefficient (Wildman–Crippen LogP) is 6.64. The molecular formula is C29H20FNSi. The molecule has 0 radical (unpaired) electrons. The quantitative estimate of drug-likeness (QED) is 0.195. The highest BCUT2D eigenvalue weighted by Gasteiger charge is 2.37. The van der Waals surface area contributed by atoms with Gasteiger partial charge in [-0.15, -0.1) is 0 Å². The zero-order chi connectivity index (χ0) is 21.6. The number of nitrogens with zero attached hydrogens (tertiary/aromatic N) is 1. The summed E-state index contributed by atoms with van der Waals surface area (Å²) in [6, 6.07) is 27.2. The van der Waals surface area contributed by atoms with Crippen LogP contribution in [0.1, 0.15) is 0 Å². The molecule has 0 saturated heterocycles. The van der Waals surface area contributed by atoms with E-state index in [1.807, 2.05) is 24.4 Å². The molecule has 1 aliphatic rings. The first-order valence-corrected chi connectivity index (χ1v) is 14.0. The Morgan fingerprint density at radius 1 is 0.656 bits per heavy atom. The van der Waals surface area contributed by atoms with Gasteiger partial charge < -0.3 is 0 Å². The largest absolute Gasteiger partial charge is 0.256 e. The van der Waals surface area contributed by atoms with Crippen LogP contribution in [0.15, 0.2) is 85.1 Å². The molecule has 0 atom stereocenters. The van der Waals surface area contributed by atoms with Crippen molar-refractivity contribution in [3.05, 3.63) is 90.9 Å². The van der Waals surface area contributed by atoms with Crippen molar-refractivity contribution in [1.82, 2.24) is 4.98 Å². The zero-order valence-electron chi connectivity index (χ0n) is 17.9. The molecule has 0 saturated carbocycles. The van der Waals surface area contributed by atoms with Gasteiger partial charge in [-0.2, -0.15) is 0 Å². The third kappa shape index (κ3) is 2.19. The maximum atomic E-state index is 14.6. The van der Waals surface area contributed by atoms with E-state index in [9.17, 15) is 4.39 Å². The number of aromatic nitrogens is 1. The van der Waals surface area contributed by atoms with Crippen LogP contribution in [0, 0.1) is 5.82 Å². The van der Waals surface area contributed by atoms with Crippen LogP contribution in [0.3, 0.4) is 0 Å². The summed E-state index contributed by atoms with van der Waals surface area (Å²) >= 11 is 0. The Labute approximate surface area is 186 Å². The lowest BCUT2D eigenvalue weighted by molar-refractivity contribution is 0.640. The van der Waals surface area contributed by atoms with Crippen LogP contribution in [0.5, 0.6) is 0 Å². The third-order valence-electron chi connectivity index (χ3n) is 7.34. The number of benzene rings is 5. The van der Waals surface area contributed by atoms with Crippen LogP contribution in [-0.4, -0.2) is 13.1 Å². The molecule has 0 fully saturated rings. The van der Waals surface area contributed by atoms with Gasteiger partial charge in [-0.1, -0.05) is 73.8 Å². The molecule has 0 amide bonds. The number of rotatable bonds is 0. The molecule has 6 aromatic rings. The van der Waals surface area contributed by atoms with Crippen molar-refractivity contribution in [2.24, 2.45) is 0 Å². The standard InChI is InChI=1S/C29H20FNSi/c1-32(2)26-15-18-7-4-3-6-17(18)14-24(26)29-28-22(12-13-31-29)20-10-11-21-19(8-5-9-25(21)30)23(20)16-27(28)32/h3-16H,1-2H3. The first-order chi connectivity index (χ1) is 15.5. The summed E-state index contributed by atoms with van der Waals surface area (Å²) in [6.45, 7) is 4.87. The van der Waals surface area contributed by atoms with Gasteiger partial charge in [0.25, 0.3) is 0 Å². The molecule has 0 N–H and O–H groups in total. The molecule has 7 rings (SSSR count). The second-order valence-corrected chi connectivity index (χ2v) is 13.7. The van der Waals surface area contributed by atoms with Gasteiger partial charge in [-0.25, -0.2) is 4.39 Å². The maximum absolute atomic E-state index is 14.6. The van der Waals surface area contributed by atoms with E-state index in [1.54, 1.807) is 6.07 Å². The summed E-state index contributed by atoms with van der Waals surface area (Å²) in [5, 5.41) is 11.8. The second-order valence-electron chi connectivity index (χ2n) is 9.37. The fourth-order valence-corrected chi connectivity index (χ4v) is 8.76. The van der Waals surface area contributed by atoms with E-state index in [0.29, 0.717) is 5.39 Å². The van der Waals surface area contributed by atoms with E-state index in [1.165, 1.54) is 42.9 Å². The van der Waals surface area contributed by atoms with Crippen LogP contribution in [-0.2, 0) is 0 Å². The van der Waals surface area contributed by atoms with Crippen molar-refractivity contribution < 1.29 is 4.39 Å². The summed E-state index contributed by atoms with van der Waals surface area (Å²) in [4.78, 5) is 4.90. The van der Waals surface area contributed by atoms with Crippen molar-refractivity contribution in [3.8, 4) is 11.3 Å². The van der Waals surface area contributed by atoms with Crippen LogP contribution < -0.4 is 10.4 Å². The van der Waals surface area contributed by atoms with Crippen molar-refractivity contribution in [3.63, 3.8) is 0 Å². The monoisotopic (exact) mass is 429 g/mol. The van der Waals surface area contributed by atoms with Crippen molar-refractivity contribution in [2.75, 3.05) is 0 Å². The Hall–Kier alpha value is -3.56. The molecule has 32 heavy (non-hydrogen) atoms. The van der Waals surface area contributed by atoms with E-state index in [0.717, 1.165) is 16.5 Å². The molecule has 1 nitrogen and oxygen atoms in total. The topological polar surface area (TPSA) is 12.9 Å². The number of hydrogen-bond acceptors (Lipinski definition) is 1. The molecule has 0 aliphatic carbocycles. The van der Waals surface area contributed by atoms with E-state index in [-0.39, 0.29) is 5.82 Å². The van der Waals surface area contributed by atoms with Crippen molar-refractivity contribution >= 4 is 61.5 Å². The minimum absolute atomic E-state index is 0.165. The van der Waals surface area contributed by atoms with Crippen molar-refractivity contribution in [1.29, 1.82) is 0 Å². The molecule has 1 aliphatic heterocycles. The molecule has 5 aromatic carbocycles. The Kier molecular flexibility index (Phi) is 3.40. The summed E-state index contributed by atoms with van der Waals surface area (Å²) in [5.74, 6) is -0.165. The molecule has 0 spiro atoms. The van der Waals surface area contributed by atoms with Gasteiger partial charge in [-0.3, -0.25) is 4.98 Å². The Morgan fingerprint density at radius 3 is 2.25 bits per heavy atom. The SMILES string of the molecule is C[Si]1(C)c2cc3ccccc3cc2-c2nccc3c2c1cc1c2cccc(F)c2ccc31. The summed E-state index contributed by atoms with van der Waals surface area (Å²) < 4.78 is 14.6. The Balaban J connectivity index is 1.71. The highest BCUT2D eigenvalue weighted by molar-refractivity contribution is 7.03. The first kappa shape index (κ1) is 18.1. The number of halogens is 1. The Morgan fingerprint density at radius 2 is 1.41 bits per heavy atom. The van der Waals surface area contributed by atoms with Gasteiger partial charge in [0.1, 0.15) is 13.9 Å².